The molecule has 0 saturated carbocycles. The first-order valence-corrected chi connectivity index (χ1v) is 4.54. The van der Waals surface area contributed by atoms with Gasteiger partial charge in [0, 0.05) is 18.6 Å². The SMILES string of the molecule is CN1CCc2cc(Cl)cc(C#N)c21. The molecule has 1 heterocycles. The van der Waals surface area contributed by atoms with Gasteiger partial charge in [0.2, 0.25) is 0 Å². The second-order valence-electron chi connectivity index (χ2n) is 3.24. The molecule has 1 aliphatic heterocycles. The lowest BCUT2D eigenvalue weighted by Gasteiger charge is -2.13. The van der Waals surface area contributed by atoms with Gasteiger partial charge in [0.1, 0.15) is 6.07 Å². The van der Waals surface area contributed by atoms with Crippen LogP contribution in [-0.2, 0) is 6.42 Å². The normalized spacial score (nSPS) is 14.1. The summed E-state index contributed by atoms with van der Waals surface area (Å²) in [6.07, 6.45) is 0.987. The highest BCUT2D eigenvalue weighted by Crippen LogP contribution is 2.32. The summed E-state index contributed by atoms with van der Waals surface area (Å²) in [5.41, 5.74) is 2.92. The maximum atomic E-state index is 8.91. The second-order valence-corrected chi connectivity index (χ2v) is 3.68. The van der Waals surface area contributed by atoms with Crippen LogP contribution in [0.5, 0.6) is 0 Å². The van der Waals surface area contributed by atoms with Gasteiger partial charge in [-0.1, -0.05) is 11.6 Å². The quantitative estimate of drug-likeness (QED) is 0.630. The molecule has 1 aliphatic rings. The Balaban J connectivity index is 2.66. The number of nitrogens with zero attached hydrogens (tertiary/aromatic N) is 2. The molecule has 0 atom stereocenters. The van der Waals surface area contributed by atoms with Crippen LogP contribution in [0.1, 0.15) is 11.1 Å². The summed E-state index contributed by atoms with van der Waals surface area (Å²) < 4.78 is 0. The number of anilines is 1. The second kappa shape index (κ2) is 2.93. The lowest BCUT2D eigenvalue weighted by atomic mass is 10.1. The molecule has 0 fully saturated rings. The van der Waals surface area contributed by atoms with Crippen molar-refractivity contribution in [1.29, 1.82) is 5.26 Å². The van der Waals surface area contributed by atoms with Gasteiger partial charge in [-0.05, 0) is 24.1 Å². The van der Waals surface area contributed by atoms with Gasteiger partial charge in [-0.3, -0.25) is 0 Å². The third-order valence-electron chi connectivity index (χ3n) is 2.37. The molecule has 0 bridgehead atoms. The molecule has 2 rings (SSSR count). The molecule has 0 N–H and O–H groups in total. The first kappa shape index (κ1) is 8.40. The number of nitriles is 1. The highest BCUT2D eigenvalue weighted by atomic mass is 35.5. The maximum absolute atomic E-state index is 8.91. The van der Waals surface area contributed by atoms with Gasteiger partial charge >= 0.3 is 0 Å². The molecule has 0 saturated heterocycles. The summed E-state index contributed by atoms with van der Waals surface area (Å²) in [4.78, 5) is 2.10. The Labute approximate surface area is 82.3 Å². The Morgan fingerprint density at radius 1 is 1.54 bits per heavy atom. The van der Waals surface area contributed by atoms with Crippen LogP contribution >= 0.6 is 11.6 Å². The average Bonchev–Trinajstić information content (AvgIpc) is 2.46. The minimum atomic E-state index is 0.658. The summed E-state index contributed by atoms with van der Waals surface area (Å²) in [7, 11) is 2.00. The molecule has 13 heavy (non-hydrogen) atoms. The summed E-state index contributed by atoms with van der Waals surface area (Å²) in [5, 5.41) is 9.57. The Morgan fingerprint density at radius 3 is 3.00 bits per heavy atom. The smallest absolute Gasteiger partial charge is 0.101 e. The lowest BCUT2D eigenvalue weighted by molar-refractivity contribution is 0.955. The monoisotopic (exact) mass is 192 g/mol. The summed E-state index contributed by atoms with van der Waals surface area (Å²) >= 11 is 5.89. The third-order valence-corrected chi connectivity index (χ3v) is 2.59. The van der Waals surface area contributed by atoms with Crippen LogP contribution < -0.4 is 4.90 Å². The number of rotatable bonds is 0. The van der Waals surface area contributed by atoms with E-state index >= 15 is 0 Å². The van der Waals surface area contributed by atoms with Gasteiger partial charge in [-0.15, -0.1) is 0 Å². The van der Waals surface area contributed by atoms with Gasteiger partial charge in [0.15, 0.2) is 0 Å². The van der Waals surface area contributed by atoms with Gasteiger partial charge in [0.05, 0.1) is 11.3 Å². The average molecular weight is 193 g/mol. The molecule has 0 spiro atoms. The topological polar surface area (TPSA) is 27.0 Å². The fraction of sp³-hybridized carbons (Fsp3) is 0.300. The minimum absolute atomic E-state index is 0.658. The molecular weight excluding hydrogens is 184 g/mol. The van der Waals surface area contributed by atoms with Gasteiger partial charge in [-0.2, -0.15) is 5.26 Å². The van der Waals surface area contributed by atoms with Gasteiger partial charge in [0.25, 0.3) is 0 Å². The van der Waals surface area contributed by atoms with E-state index in [1.807, 2.05) is 13.1 Å². The van der Waals surface area contributed by atoms with E-state index in [9.17, 15) is 0 Å². The number of benzene rings is 1. The molecule has 0 aliphatic carbocycles. The molecule has 1 aromatic rings. The highest BCUT2D eigenvalue weighted by Gasteiger charge is 2.19. The van der Waals surface area contributed by atoms with Crippen molar-refractivity contribution < 1.29 is 0 Å². The minimum Gasteiger partial charge on any atom is -0.373 e. The van der Waals surface area contributed by atoms with E-state index in [1.54, 1.807) is 6.07 Å². The lowest BCUT2D eigenvalue weighted by Crippen LogP contribution is -2.13. The Kier molecular flexibility index (Phi) is 1.90. The van der Waals surface area contributed by atoms with Gasteiger partial charge in [-0.25, -0.2) is 0 Å². The van der Waals surface area contributed by atoms with E-state index in [0.717, 1.165) is 18.7 Å². The predicted molar refractivity (Wildman–Crippen MR) is 53.1 cm³/mol. The van der Waals surface area contributed by atoms with Crippen molar-refractivity contribution in [3.63, 3.8) is 0 Å². The van der Waals surface area contributed by atoms with Crippen LogP contribution in [-0.4, -0.2) is 13.6 Å². The Bertz CT molecular complexity index is 393. The highest BCUT2D eigenvalue weighted by molar-refractivity contribution is 6.30. The molecule has 3 heteroatoms. The first-order chi connectivity index (χ1) is 6.22. The van der Waals surface area contributed by atoms with Crippen molar-refractivity contribution >= 4 is 17.3 Å². The molecule has 2 nitrogen and oxygen atoms in total. The number of fused-ring (bicyclic) bond motifs is 1. The number of halogens is 1. The number of hydrogen-bond donors (Lipinski definition) is 0. The zero-order chi connectivity index (χ0) is 9.42. The van der Waals surface area contributed by atoms with Crippen LogP contribution in [0.3, 0.4) is 0 Å². The predicted octanol–water partition coefficient (Wildman–Crippen LogP) is 2.20. The van der Waals surface area contributed by atoms with Crippen LogP contribution in [0.25, 0.3) is 0 Å². The van der Waals surface area contributed by atoms with Crippen LogP contribution in [0.15, 0.2) is 12.1 Å². The largest absolute Gasteiger partial charge is 0.373 e. The third kappa shape index (κ3) is 1.26. The summed E-state index contributed by atoms with van der Waals surface area (Å²) in [5.74, 6) is 0. The van der Waals surface area contributed by atoms with Crippen molar-refractivity contribution in [2.45, 2.75) is 6.42 Å². The molecule has 0 aromatic heterocycles. The Morgan fingerprint density at radius 2 is 2.31 bits per heavy atom. The summed E-state index contributed by atoms with van der Waals surface area (Å²) in [6.45, 7) is 0.977. The molecule has 1 aromatic carbocycles. The van der Waals surface area contributed by atoms with E-state index in [-0.39, 0.29) is 0 Å². The zero-order valence-corrected chi connectivity index (χ0v) is 8.10. The van der Waals surface area contributed by atoms with Crippen LogP contribution in [0.4, 0.5) is 5.69 Å². The van der Waals surface area contributed by atoms with Crippen molar-refractivity contribution in [2.75, 3.05) is 18.5 Å². The summed E-state index contributed by atoms with van der Waals surface area (Å²) in [6, 6.07) is 5.84. The number of likely N-dealkylation sites (N-methyl/N-ethyl adjacent to an activating group) is 1. The molecule has 66 valence electrons. The fourth-order valence-electron chi connectivity index (χ4n) is 1.78. The van der Waals surface area contributed by atoms with Crippen molar-refractivity contribution in [3.8, 4) is 6.07 Å². The molecule has 0 radical (unpaired) electrons. The molecule has 0 amide bonds. The van der Waals surface area contributed by atoms with Crippen LogP contribution in [0.2, 0.25) is 5.02 Å². The maximum Gasteiger partial charge on any atom is 0.101 e. The van der Waals surface area contributed by atoms with Gasteiger partial charge < -0.3 is 4.90 Å². The zero-order valence-electron chi connectivity index (χ0n) is 7.34. The van der Waals surface area contributed by atoms with E-state index in [4.69, 9.17) is 16.9 Å². The first-order valence-electron chi connectivity index (χ1n) is 4.16. The van der Waals surface area contributed by atoms with Crippen molar-refractivity contribution in [1.82, 2.24) is 0 Å². The van der Waals surface area contributed by atoms with Crippen molar-refractivity contribution in [3.05, 3.63) is 28.3 Å². The van der Waals surface area contributed by atoms with Crippen molar-refractivity contribution in [2.24, 2.45) is 0 Å². The van der Waals surface area contributed by atoms with Crippen LogP contribution in [0, 0.1) is 11.3 Å². The van der Waals surface area contributed by atoms with E-state index in [1.165, 1.54) is 5.56 Å². The van der Waals surface area contributed by atoms with E-state index in [2.05, 4.69) is 11.0 Å². The fourth-order valence-corrected chi connectivity index (χ4v) is 2.02. The Hall–Kier alpha value is -1.20. The van der Waals surface area contributed by atoms with E-state index in [0.29, 0.717) is 10.6 Å². The standard InChI is InChI=1S/C10H9ClN2/c1-13-3-2-7-4-9(11)5-8(6-12)10(7)13/h4-5H,2-3H2,1H3. The molecule has 0 unspecified atom stereocenters. The number of hydrogen-bond acceptors (Lipinski definition) is 2. The van der Waals surface area contributed by atoms with E-state index < -0.39 is 0 Å². The molecular formula is C10H9ClN2.